The molecular weight excluding hydrogens is 588 g/mol. The van der Waals surface area contributed by atoms with Gasteiger partial charge in [0.1, 0.15) is 13.2 Å². The maximum absolute atomic E-state index is 11.9. The molecule has 0 radical (unpaired) electrons. The number of benzene rings is 1. The Kier molecular flexibility index (Phi) is 24.0. The molecule has 0 unspecified atom stereocenters. The molecule has 0 saturated heterocycles. The van der Waals surface area contributed by atoms with Gasteiger partial charge in [-0.1, -0.05) is 30.3 Å². The summed E-state index contributed by atoms with van der Waals surface area (Å²) in [5, 5.41) is 8.43. The molecule has 1 rings (SSSR count). The Morgan fingerprint density at radius 1 is 0.477 bits per heavy atom. The lowest BCUT2D eigenvalue weighted by molar-refractivity contribution is -0.151. The van der Waals surface area contributed by atoms with E-state index in [9.17, 15) is 24.0 Å². The van der Waals surface area contributed by atoms with Gasteiger partial charge in [-0.25, -0.2) is 9.59 Å². The van der Waals surface area contributed by atoms with Gasteiger partial charge in [0.05, 0.1) is 98.9 Å². The summed E-state index contributed by atoms with van der Waals surface area (Å²) in [6.07, 6.45) is -0.678. The Morgan fingerprint density at radius 2 is 0.841 bits per heavy atom. The van der Waals surface area contributed by atoms with Crippen molar-refractivity contribution in [2.24, 2.45) is 0 Å². The van der Waals surface area contributed by atoms with Crippen LogP contribution in [0.15, 0.2) is 30.3 Å². The Labute approximate surface area is 255 Å². The van der Waals surface area contributed by atoms with Crippen molar-refractivity contribution in [3.8, 4) is 0 Å². The number of Topliss-reactive ketones (excluding diaryl/α,β-unsaturated/α-hetero) is 2. The molecule has 0 aliphatic heterocycles. The molecule has 15 nitrogen and oxygen atoms in total. The van der Waals surface area contributed by atoms with Crippen LogP contribution in [0, 0.1) is 0 Å². The number of ether oxygens (including phenoxy) is 9. The minimum absolute atomic E-state index is 0.00234. The number of hydrogen-bond donors (Lipinski definition) is 1. The van der Waals surface area contributed by atoms with E-state index < -0.39 is 35.9 Å². The molecule has 44 heavy (non-hydrogen) atoms. The van der Waals surface area contributed by atoms with Gasteiger partial charge in [-0.15, -0.1) is 0 Å². The number of carbonyl (C=O) groups excluding carboxylic acids is 4. The SMILES string of the molecule is O=C(CCC(=O)C(=O)O)OCCOCCOCCOCCOCCOCCOCCOCCOC(=O)C(=O)c1ccccc1. The molecule has 0 heterocycles. The smallest absolute Gasteiger partial charge is 0.379 e. The summed E-state index contributed by atoms with van der Waals surface area (Å²) in [7, 11) is 0. The van der Waals surface area contributed by atoms with E-state index in [-0.39, 0.29) is 38.4 Å². The third kappa shape index (κ3) is 22.3. The number of ketones is 2. The monoisotopic (exact) mass is 630 g/mol. The van der Waals surface area contributed by atoms with Crippen molar-refractivity contribution in [1.29, 1.82) is 0 Å². The van der Waals surface area contributed by atoms with Gasteiger partial charge < -0.3 is 47.7 Å². The summed E-state index contributed by atoms with van der Waals surface area (Å²) < 4.78 is 47.2. The van der Waals surface area contributed by atoms with E-state index in [1.807, 2.05) is 0 Å². The third-order valence-corrected chi connectivity index (χ3v) is 5.20. The molecule has 1 N–H and O–H groups in total. The number of carboxylic acid groups (broad SMARTS) is 1. The first kappa shape index (κ1) is 38.7. The molecule has 1 aromatic rings. The van der Waals surface area contributed by atoms with Crippen molar-refractivity contribution >= 4 is 29.5 Å². The number of carbonyl (C=O) groups is 5. The van der Waals surface area contributed by atoms with E-state index >= 15 is 0 Å². The first-order valence-corrected chi connectivity index (χ1v) is 14.1. The predicted molar refractivity (Wildman–Crippen MR) is 150 cm³/mol. The second-order valence-corrected chi connectivity index (χ2v) is 8.57. The van der Waals surface area contributed by atoms with Crippen molar-refractivity contribution in [2.75, 3.05) is 106 Å². The molecule has 0 amide bonds. The molecule has 0 aromatic heterocycles. The fraction of sp³-hybridized carbons (Fsp3) is 0.621. The van der Waals surface area contributed by atoms with Crippen molar-refractivity contribution in [3.05, 3.63) is 35.9 Å². The zero-order valence-corrected chi connectivity index (χ0v) is 24.8. The molecule has 0 spiro atoms. The summed E-state index contributed by atoms with van der Waals surface area (Å²) in [5.41, 5.74) is 0.281. The van der Waals surface area contributed by atoms with Gasteiger partial charge in [0.2, 0.25) is 5.78 Å². The van der Waals surface area contributed by atoms with E-state index in [0.717, 1.165) is 0 Å². The fourth-order valence-corrected chi connectivity index (χ4v) is 3.00. The molecule has 0 aliphatic rings. The number of carboxylic acids is 1. The van der Waals surface area contributed by atoms with E-state index in [2.05, 4.69) is 0 Å². The molecule has 0 atom stereocenters. The highest BCUT2D eigenvalue weighted by atomic mass is 16.6. The topological polar surface area (TPSA) is 189 Å². The van der Waals surface area contributed by atoms with Crippen molar-refractivity contribution in [1.82, 2.24) is 0 Å². The summed E-state index contributed by atoms with van der Waals surface area (Å²) in [6.45, 7) is 4.84. The van der Waals surface area contributed by atoms with Crippen LogP contribution >= 0.6 is 0 Å². The number of rotatable bonds is 30. The van der Waals surface area contributed by atoms with Gasteiger partial charge in [-0.05, 0) is 0 Å². The van der Waals surface area contributed by atoms with Crippen LogP contribution in [-0.2, 0) is 61.8 Å². The Hall–Kier alpha value is -3.31. The lowest BCUT2D eigenvalue weighted by Gasteiger charge is -2.09. The lowest BCUT2D eigenvalue weighted by Crippen LogP contribution is -2.20. The zero-order valence-electron chi connectivity index (χ0n) is 24.8. The van der Waals surface area contributed by atoms with E-state index in [1.165, 1.54) is 0 Å². The van der Waals surface area contributed by atoms with Crippen LogP contribution in [0.2, 0.25) is 0 Å². The normalized spacial score (nSPS) is 10.8. The average Bonchev–Trinajstić information content (AvgIpc) is 3.03. The maximum Gasteiger partial charge on any atom is 0.379 e. The molecule has 0 bridgehead atoms. The predicted octanol–water partition coefficient (Wildman–Crippen LogP) is 0.506. The summed E-state index contributed by atoms with van der Waals surface area (Å²) in [4.78, 5) is 56.1. The van der Waals surface area contributed by atoms with Gasteiger partial charge in [0.25, 0.3) is 5.78 Å². The highest BCUT2D eigenvalue weighted by Gasteiger charge is 2.17. The van der Waals surface area contributed by atoms with E-state index in [1.54, 1.807) is 30.3 Å². The van der Waals surface area contributed by atoms with Crippen LogP contribution in [0.5, 0.6) is 0 Å². The van der Waals surface area contributed by atoms with Gasteiger partial charge >= 0.3 is 17.9 Å². The highest BCUT2D eigenvalue weighted by Crippen LogP contribution is 2.01. The number of aliphatic carboxylic acids is 1. The molecule has 0 aliphatic carbocycles. The van der Waals surface area contributed by atoms with Crippen LogP contribution in [0.1, 0.15) is 23.2 Å². The summed E-state index contributed by atoms with van der Waals surface area (Å²) in [5.74, 6) is -4.87. The molecule has 1 aromatic carbocycles. The fourth-order valence-electron chi connectivity index (χ4n) is 3.00. The maximum atomic E-state index is 11.9. The highest BCUT2D eigenvalue weighted by molar-refractivity contribution is 6.40. The van der Waals surface area contributed by atoms with Crippen LogP contribution in [0.25, 0.3) is 0 Å². The zero-order chi connectivity index (χ0) is 32.1. The number of hydrogen-bond acceptors (Lipinski definition) is 14. The van der Waals surface area contributed by atoms with Crippen LogP contribution in [-0.4, -0.2) is 140 Å². The van der Waals surface area contributed by atoms with Gasteiger partial charge in [0.15, 0.2) is 0 Å². The lowest BCUT2D eigenvalue weighted by atomic mass is 10.1. The van der Waals surface area contributed by atoms with E-state index in [0.29, 0.717) is 79.3 Å². The van der Waals surface area contributed by atoms with Crippen LogP contribution in [0.4, 0.5) is 0 Å². The third-order valence-electron chi connectivity index (χ3n) is 5.20. The Balaban J connectivity index is 1.72. The molecule has 15 heteroatoms. The second kappa shape index (κ2) is 27.3. The average molecular weight is 631 g/mol. The molecule has 0 saturated carbocycles. The first-order valence-electron chi connectivity index (χ1n) is 14.1. The summed E-state index contributed by atoms with van der Waals surface area (Å²) in [6, 6.07) is 8.19. The molecular formula is C29H42O15. The van der Waals surface area contributed by atoms with Crippen LogP contribution < -0.4 is 0 Å². The van der Waals surface area contributed by atoms with Crippen LogP contribution in [0.3, 0.4) is 0 Å². The van der Waals surface area contributed by atoms with Crippen molar-refractivity contribution < 1.29 is 71.7 Å². The molecule has 248 valence electrons. The second-order valence-electron chi connectivity index (χ2n) is 8.57. The minimum Gasteiger partial charge on any atom is -0.476 e. The van der Waals surface area contributed by atoms with Crippen molar-refractivity contribution in [2.45, 2.75) is 12.8 Å². The quantitative estimate of drug-likeness (QED) is 0.0535. The standard InChI is InChI=1S/C29H42O15/c30-25(28(33)34)6-7-26(31)43-22-20-41-18-16-39-14-12-37-10-8-36-9-11-38-13-15-40-17-19-42-21-23-44-29(35)27(32)24-4-2-1-3-5-24/h1-5H,6-23H2,(H,33,34). The largest absolute Gasteiger partial charge is 0.476 e. The Bertz CT molecular complexity index is 938. The number of esters is 2. The summed E-state index contributed by atoms with van der Waals surface area (Å²) >= 11 is 0. The molecule has 0 fully saturated rings. The van der Waals surface area contributed by atoms with Gasteiger partial charge in [0, 0.05) is 12.0 Å². The minimum atomic E-state index is -1.57. The van der Waals surface area contributed by atoms with Gasteiger partial charge in [-0.3, -0.25) is 14.4 Å². The Morgan fingerprint density at radius 3 is 1.23 bits per heavy atom. The van der Waals surface area contributed by atoms with E-state index in [4.69, 9.17) is 47.7 Å². The first-order chi connectivity index (χ1) is 21.4. The van der Waals surface area contributed by atoms with Gasteiger partial charge in [-0.2, -0.15) is 0 Å². The van der Waals surface area contributed by atoms with Crippen molar-refractivity contribution in [3.63, 3.8) is 0 Å².